The van der Waals surface area contributed by atoms with Gasteiger partial charge in [-0.2, -0.15) is 0 Å². The first kappa shape index (κ1) is 7.98. The first-order valence-corrected chi connectivity index (χ1v) is 3.85. The summed E-state index contributed by atoms with van der Waals surface area (Å²) in [5.74, 6) is 0. The maximum Gasteiger partial charge on any atom is 0.0591 e. The number of hydrogen-bond acceptors (Lipinski definition) is 3. The molecule has 0 saturated carbocycles. The number of nitrogens with one attached hydrogen (secondary N) is 1. The Balaban J connectivity index is 2.15. The zero-order chi connectivity index (χ0) is 7.23. The Morgan fingerprint density at radius 2 is 2.40 bits per heavy atom. The molecule has 0 aromatic heterocycles. The average Bonchev–Trinajstić information content (AvgIpc) is 2.17. The smallest absolute Gasteiger partial charge is 0.0591 e. The van der Waals surface area contributed by atoms with Crippen molar-refractivity contribution in [3.8, 4) is 0 Å². The first-order chi connectivity index (χ1) is 4.93. The van der Waals surface area contributed by atoms with Crippen LogP contribution in [0.5, 0.6) is 0 Å². The molecule has 0 amide bonds. The molecular weight excluding hydrogens is 130 g/mol. The second-order valence-electron chi connectivity index (χ2n) is 2.56. The molecule has 2 N–H and O–H groups in total. The van der Waals surface area contributed by atoms with Crippen molar-refractivity contribution in [2.45, 2.75) is 18.9 Å². The van der Waals surface area contributed by atoms with Crippen molar-refractivity contribution >= 4 is 0 Å². The van der Waals surface area contributed by atoms with E-state index in [0.29, 0.717) is 6.04 Å². The molecule has 1 atom stereocenters. The second-order valence-corrected chi connectivity index (χ2v) is 2.56. The lowest BCUT2D eigenvalue weighted by atomic mass is 10.1. The molecule has 0 spiro atoms. The summed E-state index contributed by atoms with van der Waals surface area (Å²) in [6, 6.07) is 0.465. The molecule has 0 aromatic rings. The molecule has 1 saturated heterocycles. The quantitative estimate of drug-likeness (QED) is 0.563. The van der Waals surface area contributed by atoms with Gasteiger partial charge in [0.15, 0.2) is 0 Å². The molecule has 3 heteroatoms. The fraction of sp³-hybridized carbons (Fsp3) is 1.00. The van der Waals surface area contributed by atoms with Crippen LogP contribution in [0, 0.1) is 0 Å². The molecule has 0 bridgehead atoms. The van der Waals surface area contributed by atoms with Crippen LogP contribution >= 0.6 is 0 Å². The lowest BCUT2D eigenvalue weighted by Crippen LogP contribution is -2.30. The number of ether oxygens (including phenoxy) is 1. The highest BCUT2D eigenvalue weighted by molar-refractivity contribution is 4.68. The van der Waals surface area contributed by atoms with E-state index in [1.165, 1.54) is 0 Å². The Morgan fingerprint density at radius 3 is 3.20 bits per heavy atom. The van der Waals surface area contributed by atoms with Gasteiger partial charge in [0.2, 0.25) is 0 Å². The molecule has 1 aliphatic rings. The summed E-state index contributed by atoms with van der Waals surface area (Å²) in [5, 5.41) is 11.9. The third-order valence-electron chi connectivity index (χ3n) is 1.77. The van der Waals surface area contributed by atoms with Gasteiger partial charge in [0.05, 0.1) is 6.61 Å². The standard InChI is InChI=1S/C7H15NO2/c9-4-1-7-2-5-10-6-3-8-7/h7-9H,1-6H2. The van der Waals surface area contributed by atoms with Gasteiger partial charge in [-0.05, 0) is 12.8 Å². The van der Waals surface area contributed by atoms with Crippen molar-refractivity contribution in [2.75, 3.05) is 26.4 Å². The summed E-state index contributed by atoms with van der Waals surface area (Å²) in [6.45, 7) is 2.84. The van der Waals surface area contributed by atoms with E-state index >= 15 is 0 Å². The highest BCUT2D eigenvalue weighted by atomic mass is 16.5. The molecule has 3 nitrogen and oxygen atoms in total. The predicted octanol–water partition coefficient (Wildman–Crippen LogP) is -0.253. The molecule has 0 aliphatic carbocycles. The van der Waals surface area contributed by atoms with Crippen molar-refractivity contribution in [1.82, 2.24) is 5.32 Å². The van der Waals surface area contributed by atoms with Gasteiger partial charge in [0.1, 0.15) is 0 Å². The molecule has 1 fully saturated rings. The normalized spacial score (nSPS) is 27.9. The molecule has 1 unspecified atom stereocenters. The molecule has 60 valence electrons. The number of aliphatic hydroxyl groups excluding tert-OH is 1. The lowest BCUT2D eigenvalue weighted by Gasteiger charge is -2.11. The van der Waals surface area contributed by atoms with Gasteiger partial charge in [-0.15, -0.1) is 0 Å². The van der Waals surface area contributed by atoms with Crippen LogP contribution in [0.15, 0.2) is 0 Å². The Kier molecular flexibility index (Phi) is 3.72. The molecule has 1 aliphatic heterocycles. The molecule has 10 heavy (non-hydrogen) atoms. The van der Waals surface area contributed by atoms with Crippen molar-refractivity contribution in [1.29, 1.82) is 0 Å². The van der Waals surface area contributed by atoms with E-state index in [9.17, 15) is 0 Å². The minimum absolute atomic E-state index is 0.275. The van der Waals surface area contributed by atoms with Gasteiger partial charge in [0, 0.05) is 25.8 Å². The van der Waals surface area contributed by atoms with E-state index in [4.69, 9.17) is 9.84 Å². The minimum Gasteiger partial charge on any atom is -0.396 e. The van der Waals surface area contributed by atoms with E-state index in [0.717, 1.165) is 32.6 Å². The second kappa shape index (κ2) is 4.66. The van der Waals surface area contributed by atoms with Gasteiger partial charge in [0.25, 0.3) is 0 Å². The van der Waals surface area contributed by atoms with E-state index in [1.54, 1.807) is 0 Å². The Hall–Kier alpha value is -0.120. The van der Waals surface area contributed by atoms with Gasteiger partial charge in [-0.3, -0.25) is 0 Å². The topological polar surface area (TPSA) is 41.5 Å². The predicted molar refractivity (Wildman–Crippen MR) is 38.9 cm³/mol. The van der Waals surface area contributed by atoms with Gasteiger partial charge >= 0.3 is 0 Å². The van der Waals surface area contributed by atoms with Crippen molar-refractivity contribution in [3.63, 3.8) is 0 Å². The summed E-state index contributed by atoms with van der Waals surface area (Å²) in [6.07, 6.45) is 1.88. The highest BCUT2D eigenvalue weighted by Crippen LogP contribution is 2.00. The zero-order valence-electron chi connectivity index (χ0n) is 6.18. The Morgan fingerprint density at radius 1 is 1.50 bits per heavy atom. The van der Waals surface area contributed by atoms with Gasteiger partial charge in [-0.25, -0.2) is 0 Å². The van der Waals surface area contributed by atoms with Crippen LogP contribution in [0.3, 0.4) is 0 Å². The molecular formula is C7H15NO2. The number of hydrogen-bond donors (Lipinski definition) is 2. The van der Waals surface area contributed by atoms with Crippen LogP contribution < -0.4 is 5.32 Å². The van der Waals surface area contributed by atoms with Crippen LogP contribution in [0.4, 0.5) is 0 Å². The van der Waals surface area contributed by atoms with Crippen LogP contribution in [-0.2, 0) is 4.74 Å². The monoisotopic (exact) mass is 145 g/mol. The Labute approximate surface area is 61.4 Å². The largest absolute Gasteiger partial charge is 0.396 e. The van der Waals surface area contributed by atoms with Crippen LogP contribution in [-0.4, -0.2) is 37.5 Å². The van der Waals surface area contributed by atoms with E-state index in [2.05, 4.69) is 5.32 Å². The third kappa shape index (κ3) is 2.64. The minimum atomic E-state index is 0.275. The van der Waals surface area contributed by atoms with Gasteiger partial charge < -0.3 is 15.2 Å². The maximum atomic E-state index is 8.63. The molecule has 0 aromatic carbocycles. The van der Waals surface area contributed by atoms with Gasteiger partial charge in [-0.1, -0.05) is 0 Å². The van der Waals surface area contributed by atoms with Crippen molar-refractivity contribution < 1.29 is 9.84 Å². The van der Waals surface area contributed by atoms with Crippen LogP contribution in [0.1, 0.15) is 12.8 Å². The van der Waals surface area contributed by atoms with Crippen molar-refractivity contribution in [2.24, 2.45) is 0 Å². The average molecular weight is 145 g/mol. The zero-order valence-corrected chi connectivity index (χ0v) is 6.18. The summed E-state index contributed by atoms with van der Waals surface area (Å²) in [4.78, 5) is 0. The van der Waals surface area contributed by atoms with E-state index in [-0.39, 0.29) is 6.61 Å². The number of rotatable bonds is 2. The molecule has 1 rings (SSSR count). The molecule has 1 heterocycles. The highest BCUT2D eigenvalue weighted by Gasteiger charge is 2.09. The SMILES string of the molecule is OCCC1CCOCCN1. The van der Waals surface area contributed by atoms with Crippen LogP contribution in [0.2, 0.25) is 0 Å². The lowest BCUT2D eigenvalue weighted by molar-refractivity contribution is 0.148. The summed E-state index contributed by atoms with van der Waals surface area (Å²) < 4.78 is 5.23. The maximum absolute atomic E-state index is 8.63. The summed E-state index contributed by atoms with van der Waals surface area (Å²) >= 11 is 0. The first-order valence-electron chi connectivity index (χ1n) is 3.85. The van der Waals surface area contributed by atoms with E-state index in [1.807, 2.05) is 0 Å². The summed E-state index contributed by atoms with van der Waals surface area (Å²) in [7, 11) is 0. The number of aliphatic hydroxyl groups is 1. The Bertz CT molecular complexity index is 79.7. The third-order valence-corrected chi connectivity index (χ3v) is 1.77. The fourth-order valence-electron chi connectivity index (χ4n) is 1.17. The van der Waals surface area contributed by atoms with Crippen LogP contribution in [0.25, 0.3) is 0 Å². The summed E-state index contributed by atoms with van der Waals surface area (Å²) in [5.41, 5.74) is 0. The van der Waals surface area contributed by atoms with E-state index < -0.39 is 0 Å². The van der Waals surface area contributed by atoms with Crippen molar-refractivity contribution in [3.05, 3.63) is 0 Å². The molecule has 0 radical (unpaired) electrons. The fourth-order valence-corrected chi connectivity index (χ4v) is 1.17.